The molecule has 0 aliphatic carbocycles. The van der Waals surface area contributed by atoms with E-state index < -0.39 is 0 Å². The number of hydrogen-bond donors (Lipinski definition) is 0. The third-order valence-corrected chi connectivity index (χ3v) is 11.0. The van der Waals surface area contributed by atoms with Gasteiger partial charge in [0, 0.05) is 39.0 Å². The largest absolute Gasteiger partial charge is 0.455 e. The smallest absolute Gasteiger partial charge is 0.143 e. The molecular formula is C52H33NO. The van der Waals surface area contributed by atoms with Crippen molar-refractivity contribution in [1.29, 1.82) is 0 Å². The molecule has 0 aliphatic rings. The molecule has 1 aromatic heterocycles. The van der Waals surface area contributed by atoms with Gasteiger partial charge in [0.1, 0.15) is 11.2 Å². The first-order valence-electron chi connectivity index (χ1n) is 18.5. The molecule has 0 unspecified atom stereocenters. The van der Waals surface area contributed by atoms with Crippen LogP contribution in [0.15, 0.2) is 205 Å². The van der Waals surface area contributed by atoms with Crippen LogP contribution in [-0.4, -0.2) is 0 Å². The van der Waals surface area contributed by atoms with Gasteiger partial charge in [0.05, 0.1) is 0 Å². The fourth-order valence-electron chi connectivity index (χ4n) is 8.39. The van der Waals surface area contributed by atoms with Crippen molar-refractivity contribution in [3.63, 3.8) is 0 Å². The molecular weight excluding hydrogens is 655 g/mol. The predicted molar refractivity (Wildman–Crippen MR) is 229 cm³/mol. The molecule has 2 heteroatoms. The number of fused-ring (bicyclic) bond motifs is 9. The molecule has 0 atom stereocenters. The van der Waals surface area contributed by atoms with Crippen LogP contribution >= 0.6 is 0 Å². The molecule has 10 aromatic carbocycles. The first kappa shape index (κ1) is 30.5. The zero-order valence-corrected chi connectivity index (χ0v) is 29.4. The molecule has 11 aromatic rings. The van der Waals surface area contributed by atoms with Gasteiger partial charge < -0.3 is 9.32 Å². The molecule has 0 saturated carbocycles. The summed E-state index contributed by atoms with van der Waals surface area (Å²) in [4.78, 5) is 2.39. The molecule has 11 rings (SSSR count). The molecule has 0 aliphatic heterocycles. The number of nitrogens with zero attached hydrogens (tertiary/aromatic N) is 1. The lowest BCUT2D eigenvalue weighted by atomic mass is 9.99. The quantitative estimate of drug-likeness (QED) is 0.168. The molecule has 0 fully saturated rings. The minimum atomic E-state index is 0.906. The Hall–Kier alpha value is -7.16. The number of furan rings is 1. The molecule has 0 radical (unpaired) electrons. The highest BCUT2D eigenvalue weighted by Crippen LogP contribution is 2.43. The van der Waals surface area contributed by atoms with Gasteiger partial charge in [0.15, 0.2) is 0 Å². The standard InChI is InChI=1S/C52H33NO/c1-2-10-34(11-3-1)45-16-8-18-47-48-19-9-17-46(52(48)54-51(45)47)37-24-28-40(29-25-37)53(41-30-26-38-22-20-35-12-4-6-14-43(35)49(38)32-41)42-31-27-39-23-21-36-13-5-7-15-44(36)50(39)33-42/h1-33H. The van der Waals surface area contributed by atoms with Gasteiger partial charge in [-0.3, -0.25) is 0 Å². The molecule has 1 heterocycles. The Morgan fingerprint density at radius 3 is 1.22 bits per heavy atom. The number of benzene rings is 10. The van der Waals surface area contributed by atoms with Crippen molar-refractivity contribution in [3.8, 4) is 22.3 Å². The van der Waals surface area contributed by atoms with Crippen LogP contribution < -0.4 is 4.90 Å². The van der Waals surface area contributed by atoms with Gasteiger partial charge in [-0.05, 0) is 90.6 Å². The van der Waals surface area contributed by atoms with E-state index in [0.717, 1.165) is 61.3 Å². The topological polar surface area (TPSA) is 16.4 Å². The highest BCUT2D eigenvalue weighted by molar-refractivity contribution is 6.14. The van der Waals surface area contributed by atoms with Crippen LogP contribution in [0.25, 0.3) is 87.3 Å². The Morgan fingerprint density at radius 1 is 0.278 bits per heavy atom. The van der Waals surface area contributed by atoms with Gasteiger partial charge in [-0.15, -0.1) is 0 Å². The second-order valence-corrected chi connectivity index (χ2v) is 14.1. The summed E-state index contributed by atoms with van der Waals surface area (Å²) in [5.74, 6) is 0. The van der Waals surface area contributed by atoms with E-state index in [1.165, 1.54) is 43.1 Å². The van der Waals surface area contributed by atoms with Crippen molar-refractivity contribution in [1.82, 2.24) is 0 Å². The van der Waals surface area contributed by atoms with Crippen molar-refractivity contribution >= 4 is 82.1 Å². The number of anilines is 3. The van der Waals surface area contributed by atoms with Crippen LogP contribution in [0.1, 0.15) is 0 Å². The molecule has 0 spiro atoms. The average Bonchev–Trinajstić information content (AvgIpc) is 3.64. The third-order valence-electron chi connectivity index (χ3n) is 11.0. The summed E-state index contributed by atoms with van der Waals surface area (Å²) >= 11 is 0. The van der Waals surface area contributed by atoms with Gasteiger partial charge in [-0.2, -0.15) is 0 Å². The van der Waals surface area contributed by atoms with Crippen molar-refractivity contribution in [2.24, 2.45) is 0 Å². The second-order valence-electron chi connectivity index (χ2n) is 14.1. The van der Waals surface area contributed by atoms with E-state index in [1.54, 1.807) is 0 Å². The summed E-state index contributed by atoms with van der Waals surface area (Å²) in [5, 5.41) is 12.2. The van der Waals surface area contributed by atoms with Crippen LogP contribution in [0, 0.1) is 0 Å². The summed E-state index contributed by atoms with van der Waals surface area (Å²) < 4.78 is 6.78. The van der Waals surface area contributed by atoms with Crippen LogP contribution in [-0.2, 0) is 0 Å². The Labute approximate surface area is 312 Å². The molecule has 252 valence electrons. The summed E-state index contributed by atoms with van der Waals surface area (Å²) in [5.41, 5.74) is 9.57. The van der Waals surface area contributed by atoms with E-state index in [1.807, 2.05) is 0 Å². The number of para-hydroxylation sites is 2. The molecule has 0 saturated heterocycles. The van der Waals surface area contributed by atoms with Crippen LogP contribution in [0.4, 0.5) is 17.1 Å². The van der Waals surface area contributed by atoms with E-state index in [0.29, 0.717) is 0 Å². The van der Waals surface area contributed by atoms with Gasteiger partial charge >= 0.3 is 0 Å². The van der Waals surface area contributed by atoms with Gasteiger partial charge in [-0.1, -0.05) is 164 Å². The summed E-state index contributed by atoms with van der Waals surface area (Å²) in [7, 11) is 0. The lowest BCUT2D eigenvalue weighted by Crippen LogP contribution is -2.10. The van der Waals surface area contributed by atoms with Gasteiger partial charge in [0.25, 0.3) is 0 Å². The first-order chi connectivity index (χ1) is 26.8. The van der Waals surface area contributed by atoms with Gasteiger partial charge in [-0.25, -0.2) is 0 Å². The fourth-order valence-corrected chi connectivity index (χ4v) is 8.39. The van der Waals surface area contributed by atoms with E-state index in [9.17, 15) is 0 Å². The van der Waals surface area contributed by atoms with Crippen LogP contribution in [0.5, 0.6) is 0 Å². The Kier molecular flexibility index (Phi) is 6.90. The summed E-state index contributed by atoms with van der Waals surface area (Å²) in [6.45, 7) is 0. The first-order valence-corrected chi connectivity index (χ1v) is 18.5. The van der Waals surface area contributed by atoms with Crippen molar-refractivity contribution < 1.29 is 4.42 Å². The summed E-state index contributed by atoms with van der Waals surface area (Å²) in [6.07, 6.45) is 0. The Bertz CT molecular complexity index is 3090. The molecule has 0 amide bonds. The number of hydrogen-bond acceptors (Lipinski definition) is 2. The highest BCUT2D eigenvalue weighted by atomic mass is 16.3. The van der Waals surface area contributed by atoms with E-state index in [4.69, 9.17) is 4.42 Å². The normalized spacial score (nSPS) is 11.7. The Morgan fingerprint density at radius 2 is 0.685 bits per heavy atom. The minimum Gasteiger partial charge on any atom is -0.455 e. The lowest BCUT2D eigenvalue weighted by Gasteiger charge is -2.27. The predicted octanol–water partition coefficient (Wildman–Crippen LogP) is 15.0. The zero-order valence-electron chi connectivity index (χ0n) is 29.4. The van der Waals surface area contributed by atoms with E-state index >= 15 is 0 Å². The third kappa shape index (κ3) is 4.88. The van der Waals surface area contributed by atoms with Crippen molar-refractivity contribution in [2.75, 3.05) is 4.90 Å². The molecule has 2 nitrogen and oxygen atoms in total. The maximum atomic E-state index is 6.78. The van der Waals surface area contributed by atoms with E-state index in [2.05, 4.69) is 205 Å². The monoisotopic (exact) mass is 687 g/mol. The molecule has 0 N–H and O–H groups in total. The maximum absolute atomic E-state index is 6.78. The molecule has 0 bridgehead atoms. The highest BCUT2D eigenvalue weighted by Gasteiger charge is 2.18. The number of rotatable bonds is 5. The van der Waals surface area contributed by atoms with Crippen LogP contribution in [0.3, 0.4) is 0 Å². The van der Waals surface area contributed by atoms with E-state index in [-0.39, 0.29) is 0 Å². The van der Waals surface area contributed by atoms with Crippen molar-refractivity contribution in [3.05, 3.63) is 200 Å². The SMILES string of the molecule is c1ccc(-c2cccc3c2oc2c(-c4ccc(N(c5ccc6ccc7ccccc7c6c5)c5ccc6ccc7ccccc7c6c5)cc4)cccc23)cc1. The average molecular weight is 688 g/mol. The second kappa shape index (κ2) is 12.2. The van der Waals surface area contributed by atoms with Crippen molar-refractivity contribution in [2.45, 2.75) is 0 Å². The minimum absolute atomic E-state index is 0.906. The van der Waals surface area contributed by atoms with Crippen LogP contribution in [0.2, 0.25) is 0 Å². The maximum Gasteiger partial charge on any atom is 0.143 e. The fraction of sp³-hybridized carbons (Fsp3) is 0. The lowest BCUT2D eigenvalue weighted by molar-refractivity contribution is 0.671. The molecule has 54 heavy (non-hydrogen) atoms. The van der Waals surface area contributed by atoms with Gasteiger partial charge in [0.2, 0.25) is 0 Å². The Balaban J connectivity index is 1.08. The zero-order chi connectivity index (χ0) is 35.6. The summed E-state index contributed by atoms with van der Waals surface area (Å²) in [6, 6.07) is 72.2.